The minimum absolute atomic E-state index is 0.179. The number of aliphatic carboxylic acids is 1. The van der Waals surface area contributed by atoms with Crippen molar-refractivity contribution in [2.75, 3.05) is 27.2 Å². The standard InChI is InChI=1S/C15H23NO3/c1-12(10-15(17)18)11-16(2)9-8-13-4-6-14(19-3)7-5-13/h4-7,12H,8-11H2,1-3H3,(H,17,18). The number of carboxylic acids is 1. The molecular weight excluding hydrogens is 242 g/mol. The number of methoxy groups -OCH3 is 1. The van der Waals surface area contributed by atoms with Gasteiger partial charge in [-0.05, 0) is 37.1 Å². The Morgan fingerprint density at radius 3 is 2.53 bits per heavy atom. The number of hydrogen-bond donors (Lipinski definition) is 1. The number of nitrogens with zero attached hydrogens (tertiary/aromatic N) is 1. The lowest BCUT2D eigenvalue weighted by Gasteiger charge is -2.20. The molecule has 0 saturated heterocycles. The molecule has 0 bridgehead atoms. The molecule has 1 rings (SSSR count). The van der Waals surface area contributed by atoms with Gasteiger partial charge in [-0.15, -0.1) is 0 Å². The van der Waals surface area contributed by atoms with Gasteiger partial charge < -0.3 is 14.7 Å². The average molecular weight is 265 g/mol. The predicted octanol–water partition coefficient (Wildman–Crippen LogP) is 2.28. The molecule has 1 aromatic carbocycles. The first-order chi connectivity index (χ1) is 9.01. The van der Waals surface area contributed by atoms with E-state index in [0.717, 1.165) is 25.3 Å². The summed E-state index contributed by atoms with van der Waals surface area (Å²) >= 11 is 0. The predicted molar refractivity (Wildman–Crippen MR) is 75.6 cm³/mol. The molecule has 1 N–H and O–H groups in total. The smallest absolute Gasteiger partial charge is 0.303 e. The first kappa shape index (κ1) is 15.5. The highest BCUT2D eigenvalue weighted by Gasteiger charge is 2.10. The third kappa shape index (κ3) is 6.25. The molecule has 4 heteroatoms. The zero-order chi connectivity index (χ0) is 14.3. The molecular formula is C15H23NO3. The van der Waals surface area contributed by atoms with E-state index in [1.54, 1.807) is 7.11 Å². The minimum Gasteiger partial charge on any atom is -0.497 e. The van der Waals surface area contributed by atoms with Gasteiger partial charge in [-0.3, -0.25) is 4.79 Å². The molecule has 0 radical (unpaired) electrons. The van der Waals surface area contributed by atoms with Crippen molar-refractivity contribution in [3.8, 4) is 5.75 Å². The van der Waals surface area contributed by atoms with Crippen LogP contribution in [-0.4, -0.2) is 43.2 Å². The second-order valence-corrected chi connectivity index (χ2v) is 5.06. The number of hydrogen-bond acceptors (Lipinski definition) is 3. The van der Waals surface area contributed by atoms with E-state index in [0.29, 0.717) is 0 Å². The maximum Gasteiger partial charge on any atom is 0.303 e. The molecule has 0 saturated carbocycles. The molecule has 106 valence electrons. The van der Waals surface area contributed by atoms with Crippen molar-refractivity contribution in [1.82, 2.24) is 4.90 Å². The number of carboxylic acid groups (broad SMARTS) is 1. The summed E-state index contributed by atoms with van der Waals surface area (Å²) in [4.78, 5) is 12.8. The molecule has 0 spiro atoms. The average Bonchev–Trinajstić information content (AvgIpc) is 2.36. The molecule has 1 aromatic rings. The molecule has 0 aliphatic heterocycles. The Bertz CT molecular complexity index is 389. The van der Waals surface area contributed by atoms with Gasteiger partial charge in [0.15, 0.2) is 0 Å². The second kappa shape index (κ2) is 7.79. The SMILES string of the molecule is COc1ccc(CCN(C)CC(C)CC(=O)O)cc1. The Morgan fingerprint density at radius 2 is 2.00 bits per heavy atom. The van der Waals surface area contributed by atoms with Gasteiger partial charge in [0, 0.05) is 19.5 Å². The Kier molecular flexibility index (Phi) is 6.36. The molecule has 4 nitrogen and oxygen atoms in total. The summed E-state index contributed by atoms with van der Waals surface area (Å²) in [6, 6.07) is 8.05. The summed E-state index contributed by atoms with van der Waals surface area (Å²) in [6.07, 6.45) is 1.19. The normalized spacial score (nSPS) is 12.4. The lowest BCUT2D eigenvalue weighted by atomic mass is 10.1. The summed E-state index contributed by atoms with van der Waals surface area (Å²) in [7, 11) is 3.69. The van der Waals surface area contributed by atoms with Crippen LogP contribution in [0.1, 0.15) is 18.9 Å². The van der Waals surface area contributed by atoms with Gasteiger partial charge in [-0.1, -0.05) is 19.1 Å². The largest absolute Gasteiger partial charge is 0.497 e. The van der Waals surface area contributed by atoms with Crippen molar-refractivity contribution in [3.63, 3.8) is 0 Å². The maximum absolute atomic E-state index is 10.6. The van der Waals surface area contributed by atoms with Crippen molar-refractivity contribution in [2.24, 2.45) is 5.92 Å². The van der Waals surface area contributed by atoms with E-state index in [2.05, 4.69) is 17.0 Å². The number of benzene rings is 1. The summed E-state index contributed by atoms with van der Waals surface area (Å²) in [5.41, 5.74) is 1.26. The van der Waals surface area contributed by atoms with Crippen molar-refractivity contribution in [1.29, 1.82) is 0 Å². The van der Waals surface area contributed by atoms with Gasteiger partial charge in [0.1, 0.15) is 5.75 Å². The molecule has 0 amide bonds. The van der Waals surface area contributed by atoms with E-state index in [1.165, 1.54) is 5.56 Å². The third-order valence-electron chi connectivity index (χ3n) is 3.09. The number of likely N-dealkylation sites (N-methyl/N-ethyl adjacent to an activating group) is 1. The molecule has 0 aliphatic carbocycles. The highest BCUT2D eigenvalue weighted by molar-refractivity contribution is 5.66. The van der Waals surface area contributed by atoms with Crippen molar-refractivity contribution >= 4 is 5.97 Å². The van der Waals surface area contributed by atoms with Gasteiger partial charge in [0.05, 0.1) is 7.11 Å². The van der Waals surface area contributed by atoms with E-state index >= 15 is 0 Å². The van der Waals surface area contributed by atoms with Crippen LogP contribution in [0, 0.1) is 5.92 Å². The van der Waals surface area contributed by atoms with Gasteiger partial charge >= 0.3 is 5.97 Å². The van der Waals surface area contributed by atoms with Crippen molar-refractivity contribution in [2.45, 2.75) is 19.8 Å². The van der Waals surface area contributed by atoms with Gasteiger partial charge in [-0.2, -0.15) is 0 Å². The highest BCUT2D eigenvalue weighted by Crippen LogP contribution is 2.12. The summed E-state index contributed by atoms with van der Waals surface area (Å²) in [5, 5.41) is 8.72. The van der Waals surface area contributed by atoms with Gasteiger partial charge in [-0.25, -0.2) is 0 Å². The molecule has 19 heavy (non-hydrogen) atoms. The van der Waals surface area contributed by atoms with Crippen LogP contribution < -0.4 is 4.74 Å². The van der Waals surface area contributed by atoms with Crippen LogP contribution in [0.4, 0.5) is 0 Å². The maximum atomic E-state index is 10.6. The summed E-state index contributed by atoms with van der Waals surface area (Å²) in [5.74, 6) is 0.321. The minimum atomic E-state index is -0.726. The lowest BCUT2D eigenvalue weighted by Crippen LogP contribution is -2.27. The van der Waals surface area contributed by atoms with Crippen LogP contribution in [0.25, 0.3) is 0 Å². The highest BCUT2D eigenvalue weighted by atomic mass is 16.5. The monoisotopic (exact) mass is 265 g/mol. The molecule has 0 aliphatic rings. The Labute approximate surface area is 115 Å². The van der Waals surface area contributed by atoms with E-state index in [1.807, 2.05) is 26.1 Å². The van der Waals surface area contributed by atoms with E-state index in [9.17, 15) is 4.79 Å². The molecule has 1 unspecified atom stereocenters. The van der Waals surface area contributed by atoms with Crippen LogP contribution in [0.3, 0.4) is 0 Å². The quantitative estimate of drug-likeness (QED) is 0.783. The Hall–Kier alpha value is -1.55. The van der Waals surface area contributed by atoms with E-state index in [4.69, 9.17) is 9.84 Å². The van der Waals surface area contributed by atoms with Crippen molar-refractivity contribution < 1.29 is 14.6 Å². The molecule has 0 heterocycles. The topological polar surface area (TPSA) is 49.8 Å². The Morgan fingerprint density at radius 1 is 1.37 bits per heavy atom. The summed E-state index contributed by atoms with van der Waals surface area (Å²) in [6.45, 7) is 3.71. The molecule has 1 atom stereocenters. The number of rotatable bonds is 8. The lowest BCUT2D eigenvalue weighted by molar-refractivity contribution is -0.138. The fourth-order valence-corrected chi connectivity index (χ4v) is 2.10. The van der Waals surface area contributed by atoms with Crippen LogP contribution >= 0.6 is 0 Å². The second-order valence-electron chi connectivity index (χ2n) is 5.06. The molecule has 0 aromatic heterocycles. The zero-order valence-corrected chi connectivity index (χ0v) is 11.9. The summed E-state index contributed by atoms with van der Waals surface area (Å²) < 4.78 is 5.12. The zero-order valence-electron chi connectivity index (χ0n) is 11.9. The van der Waals surface area contributed by atoms with Gasteiger partial charge in [0.2, 0.25) is 0 Å². The van der Waals surface area contributed by atoms with E-state index < -0.39 is 5.97 Å². The van der Waals surface area contributed by atoms with Crippen LogP contribution in [0.2, 0.25) is 0 Å². The van der Waals surface area contributed by atoms with Crippen LogP contribution in [-0.2, 0) is 11.2 Å². The number of ether oxygens (including phenoxy) is 1. The van der Waals surface area contributed by atoms with Crippen LogP contribution in [0.15, 0.2) is 24.3 Å². The van der Waals surface area contributed by atoms with Gasteiger partial charge in [0.25, 0.3) is 0 Å². The first-order valence-electron chi connectivity index (χ1n) is 6.54. The number of carbonyl (C=O) groups is 1. The fraction of sp³-hybridized carbons (Fsp3) is 0.533. The Balaban J connectivity index is 2.32. The molecule has 0 fully saturated rings. The third-order valence-corrected chi connectivity index (χ3v) is 3.09. The van der Waals surface area contributed by atoms with Crippen molar-refractivity contribution in [3.05, 3.63) is 29.8 Å². The van der Waals surface area contributed by atoms with E-state index in [-0.39, 0.29) is 12.3 Å². The first-order valence-corrected chi connectivity index (χ1v) is 6.54. The van der Waals surface area contributed by atoms with Crippen LogP contribution in [0.5, 0.6) is 5.75 Å². The fourth-order valence-electron chi connectivity index (χ4n) is 2.10.